The highest BCUT2D eigenvalue weighted by atomic mass is 16.5. The minimum Gasteiger partial charge on any atom is -0.508 e. The van der Waals surface area contributed by atoms with Gasteiger partial charge in [0.15, 0.2) is 11.6 Å². The van der Waals surface area contributed by atoms with Crippen LogP contribution in [0, 0.1) is 0 Å². The minimum atomic E-state index is -0.163. The number of ether oxygens (including phenoxy) is 1. The van der Waals surface area contributed by atoms with Crippen molar-refractivity contribution in [3.63, 3.8) is 0 Å². The van der Waals surface area contributed by atoms with Gasteiger partial charge in [0.2, 0.25) is 0 Å². The Labute approximate surface area is 145 Å². The van der Waals surface area contributed by atoms with Crippen molar-refractivity contribution in [2.75, 3.05) is 7.11 Å². The maximum absolute atomic E-state index is 12.5. The van der Waals surface area contributed by atoms with Gasteiger partial charge in [-0.3, -0.25) is 9.59 Å². The number of phenols is 1. The van der Waals surface area contributed by atoms with Crippen LogP contribution in [-0.4, -0.2) is 23.8 Å². The number of rotatable bonds is 5. The first-order valence-electron chi connectivity index (χ1n) is 7.71. The first-order chi connectivity index (χ1) is 12.1. The van der Waals surface area contributed by atoms with Gasteiger partial charge in [0, 0.05) is 22.3 Å². The molecule has 0 aromatic heterocycles. The summed E-state index contributed by atoms with van der Waals surface area (Å²) < 4.78 is 5.08. The second kappa shape index (κ2) is 7.01. The summed E-state index contributed by atoms with van der Waals surface area (Å²) in [5.74, 6) is 0.512. The van der Waals surface area contributed by atoms with Gasteiger partial charge >= 0.3 is 0 Å². The Morgan fingerprint density at radius 2 is 0.960 bits per heavy atom. The van der Waals surface area contributed by atoms with Crippen molar-refractivity contribution >= 4 is 11.6 Å². The number of hydrogen-bond donors (Lipinski definition) is 1. The molecule has 3 aromatic rings. The van der Waals surface area contributed by atoms with Crippen LogP contribution in [0.3, 0.4) is 0 Å². The van der Waals surface area contributed by atoms with Crippen LogP contribution in [0.4, 0.5) is 0 Å². The van der Waals surface area contributed by atoms with Gasteiger partial charge in [0.1, 0.15) is 11.5 Å². The summed E-state index contributed by atoms with van der Waals surface area (Å²) >= 11 is 0. The third kappa shape index (κ3) is 3.58. The number of carbonyl (C=O) groups is 2. The van der Waals surface area contributed by atoms with Crippen LogP contribution in [0.2, 0.25) is 0 Å². The van der Waals surface area contributed by atoms with E-state index in [1.165, 1.54) is 12.1 Å². The van der Waals surface area contributed by atoms with Gasteiger partial charge < -0.3 is 9.84 Å². The van der Waals surface area contributed by atoms with Gasteiger partial charge in [-0.2, -0.15) is 0 Å². The Morgan fingerprint density at radius 3 is 1.32 bits per heavy atom. The van der Waals surface area contributed by atoms with Crippen molar-refractivity contribution in [1.82, 2.24) is 0 Å². The first kappa shape index (κ1) is 16.5. The molecule has 0 saturated carbocycles. The van der Waals surface area contributed by atoms with Crippen LogP contribution < -0.4 is 4.74 Å². The SMILES string of the molecule is COc1ccc(C(=O)c2ccc(C(=O)c3ccc(O)cc3)cc2)cc1. The van der Waals surface area contributed by atoms with Gasteiger partial charge in [-0.1, -0.05) is 24.3 Å². The molecule has 0 heterocycles. The third-order valence-electron chi connectivity index (χ3n) is 3.89. The molecule has 0 aliphatic rings. The molecule has 0 bridgehead atoms. The standard InChI is InChI=1S/C21H16O4/c1-25-19-12-8-17(9-13-19)21(24)15-4-2-14(3-5-15)20(23)16-6-10-18(22)11-7-16/h2-13,22H,1H3. The largest absolute Gasteiger partial charge is 0.508 e. The first-order valence-corrected chi connectivity index (χ1v) is 7.71. The zero-order chi connectivity index (χ0) is 17.8. The lowest BCUT2D eigenvalue weighted by atomic mass is 9.98. The summed E-state index contributed by atoms with van der Waals surface area (Å²) in [6, 6.07) is 19.5. The summed E-state index contributed by atoms with van der Waals surface area (Å²) in [7, 11) is 1.57. The Bertz CT molecular complexity index is 892. The number of phenolic OH excluding ortho intramolecular Hbond substituents is 1. The molecular weight excluding hydrogens is 316 g/mol. The molecule has 1 N–H and O–H groups in total. The van der Waals surface area contributed by atoms with Crippen LogP contribution >= 0.6 is 0 Å². The fourth-order valence-electron chi connectivity index (χ4n) is 2.46. The summed E-state index contributed by atoms with van der Waals surface area (Å²) in [5, 5.41) is 9.29. The molecule has 4 heteroatoms. The lowest BCUT2D eigenvalue weighted by Crippen LogP contribution is -2.04. The molecule has 0 radical (unpaired) electrons. The van der Waals surface area contributed by atoms with Gasteiger partial charge in [0.25, 0.3) is 0 Å². The number of carbonyl (C=O) groups excluding carboxylic acids is 2. The van der Waals surface area contributed by atoms with Gasteiger partial charge in [-0.05, 0) is 48.5 Å². The van der Waals surface area contributed by atoms with Gasteiger partial charge in [-0.15, -0.1) is 0 Å². The van der Waals surface area contributed by atoms with Crippen molar-refractivity contribution in [1.29, 1.82) is 0 Å². The monoisotopic (exact) mass is 332 g/mol. The molecule has 0 spiro atoms. The number of hydrogen-bond acceptors (Lipinski definition) is 4. The Hall–Kier alpha value is -3.40. The average Bonchev–Trinajstić information content (AvgIpc) is 2.67. The quantitative estimate of drug-likeness (QED) is 0.721. The Kier molecular flexibility index (Phi) is 4.61. The van der Waals surface area contributed by atoms with Crippen LogP contribution in [-0.2, 0) is 0 Å². The van der Waals surface area contributed by atoms with Crippen LogP contribution in [0.25, 0.3) is 0 Å². The second-order valence-corrected chi connectivity index (χ2v) is 5.51. The van der Waals surface area contributed by atoms with E-state index in [4.69, 9.17) is 4.74 Å². The summed E-state index contributed by atoms with van der Waals surface area (Å²) in [4.78, 5) is 24.9. The smallest absolute Gasteiger partial charge is 0.193 e. The molecule has 25 heavy (non-hydrogen) atoms. The van der Waals surface area contributed by atoms with E-state index in [2.05, 4.69) is 0 Å². The van der Waals surface area contributed by atoms with Crippen molar-refractivity contribution in [3.05, 3.63) is 95.1 Å². The molecule has 0 unspecified atom stereocenters. The fraction of sp³-hybridized carbons (Fsp3) is 0.0476. The van der Waals surface area contributed by atoms with E-state index in [0.29, 0.717) is 28.0 Å². The Balaban J connectivity index is 1.80. The molecule has 124 valence electrons. The van der Waals surface area contributed by atoms with Crippen molar-refractivity contribution in [2.24, 2.45) is 0 Å². The molecule has 0 atom stereocenters. The normalized spacial score (nSPS) is 10.3. The highest BCUT2D eigenvalue weighted by Crippen LogP contribution is 2.18. The predicted octanol–water partition coefficient (Wildman–Crippen LogP) is 3.86. The number of methoxy groups -OCH3 is 1. The van der Waals surface area contributed by atoms with Crippen molar-refractivity contribution in [2.45, 2.75) is 0 Å². The summed E-state index contributed by atoms with van der Waals surface area (Å²) in [6.07, 6.45) is 0. The van der Waals surface area contributed by atoms with Gasteiger partial charge in [0.05, 0.1) is 7.11 Å². The van der Waals surface area contributed by atoms with E-state index in [9.17, 15) is 14.7 Å². The number of benzene rings is 3. The highest BCUT2D eigenvalue weighted by molar-refractivity contribution is 6.11. The molecule has 4 nitrogen and oxygen atoms in total. The maximum atomic E-state index is 12.5. The molecule has 0 aliphatic carbocycles. The number of ketones is 2. The third-order valence-corrected chi connectivity index (χ3v) is 3.89. The second-order valence-electron chi connectivity index (χ2n) is 5.51. The fourth-order valence-corrected chi connectivity index (χ4v) is 2.46. The lowest BCUT2D eigenvalue weighted by Gasteiger charge is -2.05. The highest BCUT2D eigenvalue weighted by Gasteiger charge is 2.12. The zero-order valence-corrected chi connectivity index (χ0v) is 13.6. The molecule has 0 fully saturated rings. The maximum Gasteiger partial charge on any atom is 0.193 e. The van der Waals surface area contributed by atoms with E-state index < -0.39 is 0 Å². The van der Waals surface area contributed by atoms with E-state index in [-0.39, 0.29) is 17.3 Å². The van der Waals surface area contributed by atoms with E-state index in [0.717, 1.165) is 0 Å². The zero-order valence-electron chi connectivity index (χ0n) is 13.6. The van der Waals surface area contributed by atoms with E-state index in [1.807, 2.05) is 0 Å². The van der Waals surface area contributed by atoms with Crippen LogP contribution in [0.1, 0.15) is 31.8 Å². The van der Waals surface area contributed by atoms with Crippen LogP contribution in [0.5, 0.6) is 11.5 Å². The molecular formula is C21H16O4. The number of aromatic hydroxyl groups is 1. The lowest BCUT2D eigenvalue weighted by molar-refractivity contribution is 0.102. The van der Waals surface area contributed by atoms with E-state index in [1.54, 1.807) is 67.8 Å². The summed E-state index contributed by atoms with van der Waals surface area (Å²) in [6.45, 7) is 0. The van der Waals surface area contributed by atoms with Crippen molar-refractivity contribution < 1.29 is 19.4 Å². The predicted molar refractivity (Wildman–Crippen MR) is 94.4 cm³/mol. The molecule has 0 saturated heterocycles. The van der Waals surface area contributed by atoms with Crippen LogP contribution in [0.15, 0.2) is 72.8 Å². The molecule has 0 amide bonds. The van der Waals surface area contributed by atoms with E-state index >= 15 is 0 Å². The average molecular weight is 332 g/mol. The minimum absolute atomic E-state index is 0.108. The Morgan fingerprint density at radius 1 is 0.640 bits per heavy atom. The molecule has 3 aromatic carbocycles. The van der Waals surface area contributed by atoms with Gasteiger partial charge in [-0.25, -0.2) is 0 Å². The van der Waals surface area contributed by atoms with Crippen molar-refractivity contribution in [3.8, 4) is 11.5 Å². The molecule has 3 rings (SSSR count). The topological polar surface area (TPSA) is 63.6 Å². The summed E-state index contributed by atoms with van der Waals surface area (Å²) in [5.41, 5.74) is 2.02. The molecule has 0 aliphatic heterocycles.